The Labute approximate surface area is 224 Å². The van der Waals surface area contributed by atoms with Crippen LogP contribution in [-0.4, -0.2) is 39.4 Å². The Morgan fingerprint density at radius 2 is 1.68 bits per heavy atom. The minimum atomic E-state index is -3.87. The summed E-state index contributed by atoms with van der Waals surface area (Å²) in [5.74, 6) is -0.880. The SMILES string of the molecule is CC(C)C[C@H](NC(=O)C(C)(C)Cc1ccccc1)C(=O)NCCCCNS(=O)(=O)c1ccc(F)cc1Cl. The van der Waals surface area contributed by atoms with Crippen LogP contribution in [0.5, 0.6) is 0 Å². The molecule has 2 aromatic carbocycles. The molecule has 2 amide bonds. The Kier molecular flexibility index (Phi) is 11.5. The third-order valence-corrected chi connectivity index (χ3v) is 7.75. The van der Waals surface area contributed by atoms with Crippen LogP contribution >= 0.6 is 11.6 Å². The molecule has 0 saturated heterocycles. The molecule has 10 heteroatoms. The Bertz CT molecular complexity index is 1160. The number of nitrogens with one attached hydrogen (secondary N) is 3. The fourth-order valence-electron chi connectivity index (χ4n) is 3.81. The van der Waals surface area contributed by atoms with E-state index in [1.165, 1.54) is 0 Å². The van der Waals surface area contributed by atoms with Gasteiger partial charge >= 0.3 is 0 Å². The van der Waals surface area contributed by atoms with Gasteiger partial charge in [-0.2, -0.15) is 0 Å². The summed E-state index contributed by atoms with van der Waals surface area (Å²) in [5, 5.41) is 5.58. The number of rotatable bonds is 14. The number of halogens is 2. The molecule has 204 valence electrons. The number of carbonyl (C=O) groups excluding carboxylic acids is 2. The largest absolute Gasteiger partial charge is 0.354 e. The summed E-state index contributed by atoms with van der Waals surface area (Å²) in [6, 6.07) is 12.2. The molecular formula is C27H37ClFN3O4S. The molecule has 0 aliphatic heterocycles. The van der Waals surface area contributed by atoms with E-state index in [1.807, 2.05) is 58.0 Å². The first-order chi connectivity index (χ1) is 17.3. The van der Waals surface area contributed by atoms with Crippen molar-refractivity contribution in [1.29, 1.82) is 0 Å². The number of hydrogen-bond acceptors (Lipinski definition) is 4. The Hall–Kier alpha value is -2.49. The topological polar surface area (TPSA) is 104 Å². The van der Waals surface area contributed by atoms with Gasteiger partial charge in [0.15, 0.2) is 0 Å². The van der Waals surface area contributed by atoms with Gasteiger partial charge in [0.1, 0.15) is 16.8 Å². The van der Waals surface area contributed by atoms with Crippen LogP contribution in [0.2, 0.25) is 5.02 Å². The maximum Gasteiger partial charge on any atom is 0.242 e. The molecule has 1 atom stereocenters. The van der Waals surface area contributed by atoms with Gasteiger partial charge in [0.2, 0.25) is 21.8 Å². The zero-order valence-electron chi connectivity index (χ0n) is 21.8. The van der Waals surface area contributed by atoms with Crippen molar-refractivity contribution in [2.45, 2.75) is 64.3 Å². The molecule has 0 fully saturated rings. The molecule has 0 heterocycles. The molecule has 2 rings (SSSR count). The second kappa shape index (κ2) is 13.9. The van der Waals surface area contributed by atoms with Gasteiger partial charge in [-0.05, 0) is 55.4 Å². The van der Waals surface area contributed by atoms with Crippen molar-refractivity contribution >= 4 is 33.4 Å². The number of benzene rings is 2. The van der Waals surface area contributed by atoms with Crippen LogP contribution in [0.1, 0.15) is 52.5 Å². The summed E-state index contributed by atoms with van der Waals surface area (Å²) in [5.41, 5.74) is 0.353. The minimum absolute atomic E-state index is 0.131. The van der Waals surface area contributed by atoms with E-state index >= 15 is 0 Å². The fraction of sp³-hybridized carbons (Fsp3) is 0.481. The average molecular weight is 554 g/mol. The monoisotopic (exact) mass is 553 g/mol. The molecule has 0 aliphatic carbocycles. The molecule has 0 radical (unpaired) electrons. The van der Waals surface area contributed by atoms with Crippen LogP contribution in [0.25, 0.3) is 0 Å². The van der Waals surface area contributed by atoms with Crippen LogP contribution in [0, 0.1) is 17.2 Å². The van der Waals surface area contributed by atoms with E-state index in [2.05, 4.69) is 15.4 Å². The van der Waals surface area contributed by atoms with Crippen molar-refractivity contribution in [3.05, 3.63) is 64.9 Å². The molecule has 0 spiro atoms. The van der Waals surface area contributed by atoms with E-state index in [9.17, 15) is 22.4 Å². The van der Waals surface area contributed by atoms with Gasteiger partial charge in [-0.25, -0.2) is 17.5 Å². The first-order valence-corrected chi connectivity index (χ1v) is 14.3. The number of unbranched alkanes of at least 4 members (excludes halogenated alkanes) is 1. The molecule has 37 heavy (non-hydrogen) atoms. The molecular weight excluding hydrogens is 517 g/mol. The summed E-state index contributed by atoms with van der Waals surface area (Å²) < 4.78 is 40.3. The quantitative estimate of drug-likeness (QED) is 0.301. The summed E-state index contributed by atoms with van der Waals surface area (Å²) in [6.07, 6.45) is 2.03. The van der Waals surface area contributed by atoms with Crippen LogP contribution in [0.4, 0.5) is 4.39 Å². The van der Waals surface area contributed by atoms with Gasteiger partial charge < -0.3 is 10.6 Å². The van der Waals surface area contributed by atoms with Crippen molar-refractivity contribution in [2.24, 2.45) is 11.3 Å². The van der Waals surface area contributed by atoms with Crippen LogP contribution in [0.3, 0.4) is 0 Å². The second-order valence-electron chi connectivity index (χ2n) is 10.2. The van der Waals surface area contributed by atoms with Gasteiger partial charge in [0.05, 0.1) is 5.02 Å². The lowest BCUT2D eigenvalue weighted by Crippen LogP contribution is -2.51. The maximum atomic E-state index is 13.2. The van der Waals surface area contributed by atoms with Gasteiger partial charge in [-0.15, -0.1) is 0 Å². The number of amides is 2. The van der Waals surface area contributed by atoms with Crippen molar-refractivity contribution in [3.63, 3.8) is 0 Å². The van der Waals surface area contributed by atoms with E-state index in [4.69, 9.17) is 11.6 Å². The van der Waals surface area contributed by atoms with Crippen molar-refractivity contribution in [3.8, 4) is 0 Å². The smallest absolute Gasteiger partial charge is 0.242 e. The second-order valence-corrected chi connectivity index (χ2v) is 12.3. The lowest BCUT2D eigenvalue weighted by atomic mass is 9.84. The first kappa shape index (κ1) is 30.7. The van der Waals surface area contributed by atoms with Crippen LogP contribution in [0.15, 0.2) is 53.4 Å². The van der Waals surface area contributed by atoms with Gasteiger partial charge in [-0.3, -0.25) is 9.59 Å². The maximum absolute atomic E-state index is 13.2. The van der Waals surface area contributed by atoms with Crippen LogP contribution < -0.4 is 15.4 Å². The van der Waals surface area contributed by atoms with E-state index in [-0.39, 0.29) is 34.2 Å². The van der Waals surface area contributed by atoms with Crippen molar-refractivity contribution < 1.29 is 22.4 Å². The molecule has 7 nitrogen and oxygen atoms in total. The number of sulfonamides is 1. The Balaban J connectivity index is 1.83. The van der Waals surface area contributed by atoms with Crippen molar-refractivity contribution in [2.75, 3.05) is 13.1 Å². The normalized spacial score (nSPS) is 12.8. The van der Waals surface area contributed by atoms with Crippen molar-refractivity contribution in [1.82, 2.24) is 15.4 Å². The molecule has 2 aromatic rings. The number of carbonyl (C=O) groups is 2. The first-order valence-electron chi connectivity index (χ1n) is 12.4. The van der Waals surface area contributed by atoms with Gasteiger partial charge in [-0.1, -0.05) is 69.6 Å². The van der Waals surface area contributed by atoms with E-state index in [0.29, 0.717) is 32.2 Å². The fourth-order valence-corrected chi connectivity index (χ4v) is 5.41. The predicted molar refractivity (Wildman–Crippen MR) is 144 cm³/mol. The zero-order chi connectivity index (χ0) is 27.6. The highest BCUT2D eigenvalue weighted by Crippen LogP contribution is 2.23. The summed E-state index contributed by atoms with van der Waals surface area (Å²) in [7, 11) is -3.87. The highest BCUT2D eigenvalue weighted by atomic mass is 35.5. The highest BCUT2D eigenvalue weighted by molar-refractivity contribution is 7.89. The molecule has 0 saturated carbocycles. The summed E-state index contributed by atoms with van der Waals surface area (Å²) in [6.45, 7) is 8.16. The third kappa shape index (κ3) is 10.1. The molecule has 0 aliphatic rings. The predicted octanol–water partition coefficient (Wildman–Crippen LogP) is 4.45. The van der Waals surface area contributed by atoms with E-state index < -0.39 is 27.3 Å². The molecule has 0 bridgehead atoms. The minimum Gasteiger partial charge on any atom is -0.354 e. The van der Waals surface area contributed by atoms with E-state index in [1.54, 1.807) is 0 Å². The Morgan fingerprint density at radius 3 is 2.30 bits per heavy atom. The van der Waals surface area contributed by atoms with Gasteiger partial charge in [0, 0.05) is 18.5 Å². The summed E-state index contributed by atoms with van der Waals surface area (Å²) >= 11 is 5.84. The zero-order valence-corrected chi connectivity index (χ0v) is 23.4. The number of hydrogen-bond donors (Lipinski definition) is 3. The average Bonchev–Trinajstić information content (AvgIpc) is 2.80. The van der Waals surface area contributed by atoms with Gasteiger partial charge in [0.25, 0.3) is 0 Å². The van der Waals surface area contributed by atoms with Crippen LogP contribution in [-0.2, 0) is 26.0 Å². The molecule has 0 aromatic heterocycles. The van der Waals surface area contributed by atoms with E-state index in [0.717, 1.165) is 23.8 Å². The highest BCUT2D eigenvalue weighted by Gasteiger charge is 2.32. The Morgan fingerprint density at radius 1 is 1.03 bits per heavy atom. The molecule has 0 unspecified atom stereocenters. The summed E-state index contributed by atoms with van der Waals surface area (Å²) in [4.78, 5) is 25.7. The standard InChI is InChI=1S/C27H37ClFN3O4S/c1-19(2)16-23(32-26(34)27(3,4)18-20-10-6-5-7-11-20)25(33)30-14-8-9-15-31-37(35,36)24-13-12-21(29)17-22(24)28/h5-7,10-13,17,19,23,31H,8-9,14-16,18H2,1-4H3,(H,30,33)(H,32,34)/t23-/m0/s1. The molecule has 3 N–H and O–H groups in total. The lowest BCUT2D eigenvalue weighted by molar-refractivity contribution is -0.134. The third-order valence-electron chi connectivity index (χ3n) is 5.81. The lowest BCUT2D eigenvalue weighted by Gasteiger charge is -2.28.